The molecule has 4 aromatic carbocycles. The molecule has 0 aliphatic carbocycles. The third-order valence-corrected chi connectivity index (χ3v) is 8.44. The monoisotopic (exact) mass is 871 g/mol. The number of alkyl halides is 24. The summed E-state index contributed by atoms with van der Waals surface area (Å²) in [4.78, 5) is 0. The SMILES string of the molecule is FC(F)(F)c1cc([B-](c2cc(C(F)(F)F)cc(C(F)(F)F)c2)(c2cc(C(F)(F)F)cc(C(F)(F)F)c2)c2cc(C(F)(F)F)cc(C(F)(F)F)c2)cc(C(F)(F)F)c1.[LiH]. The third kappa shape index (κ3) is 9.99. The molecule has 0 bridgehead atoms. The summed E-state index contributed by atoms with van der Waals surface area (Å²) in [7, 11) is 0. The van der Waals surface area contributed by atoms with Crippen molar-refractivity contribution in [2.24, 2.45) is 0 Å². The summed E-state index contributed by atoms with van der Waals surface area (Å²) in [5.74, 6) is 0. The van der Waals surface area contributed by atoms with Gasteiger partial charge in [0.15, 0.2) is 0 Å². The quantitative estimate of drug-likeness (QED) is 0.142. The normalized spacial score (nSPS) is 14.1. The van der Waals surface area contributed by atoms with Gasteiger partial charge in [-0.25, -0.2) is 0 Å². The van der Waals surface area contributed by atoms with Crippen LogP contribution in [-0.4, -0.2) is 25.0 Å². The van der Waals surface area contributed by atoms with Crippen LogP contribution in [0.15, 0.2) is 72.8 Å². The van der Waals surface area contributed by atoms with Crippen LogP contribution in [0.3, 0.4) is 0 Å². The number of rotatable bonds is 4. The van der Waals surface area contributed by atoms with Crippen LogP contribution in [0.4, 0.5) is 105 Å². The minimum atomic E-state index is -6.13. The molecule has 0 aromatic heterocycles. The van der Waals surface area contributed by atoms with Gasteiger partial charge >= 0.3 is 68.3 Å². The van der Waals surface area contributed by atoms with E-state index in [1.54, 1.807) is 0 Å². The Bertz CT molecular complexity index is 1700. The van der Waals surface area contributed by atoms with Crippen molar-refractivity contribution in [2.45, 2.75) is 49.4 Å². The Morgan fingerprint density at radius 2 is 0.310 bits per heavy atom. The summed E-state index contributed by atoms with van der Waals surface area (Å²) in [6.45, 7) is 0. The number of hydrogen-bond acceptors (Lipinski definition) is 0. The molecule has 0 saturated carbocycles. The molecule has 0 heterocycles. The molecule has 4 aromatic rings. The predicted octanol–water partition coefficient (Wildman–Crippen LogP) is 10.6. The van der Waals surface area contributed by atoms with E-state index in [0.717, 1.165) is 0 Å². The topological polar surface area (TPSA) is 0 Å². The molecule has 0 atom stereocenters. The van der Waals surface area contributed by atoms with Crippen LogP contribution in [0.25, 0.3) is 0 Å². The number of hydrogen-bond donors (Lipinski definition) is 0. The van der Waals surface area contributed by atoms with E-state index in [1.165, 1.54) is 0 Å². The van der Waals surface area contributed by atoms with Crippen molar-refractivity contribution in [1.82, 2.24) is 0 Å². The summed E-state index contributed by atoms with van der Waals surface area (Å²) in [5, 5.41) is 0. The van der Waals surface area contributed by atoms with E-state index in [1.807, 2.05) is 0 Å². The Labute approximate surface area is 318 Å². The zero-order valence-corrected chi connectivity index (χ0v) is 26.6. The van der Waals surface area contributed by atoms with Gasteiger partial charge in [0.2, 0.25) is 0 Å². The maximum atomic E-state index is 14.2. The molecule has 0 nitrogen and oxygen atoms in total. The van der Waals surface area contributed by atoms with Crippen molar-refractivity contribution < 1.29 is 105 Å². The van der Waals surface area contributed by atoms with Crippen molar-refractivity contribution in [2.75, 3.05) is 0 Å². The summed E-state index contributed by atoms with van der Waals surface area (Å²) in [6, 6.07) is -8.81. The van der Waals surface area contributed by atoms with E-state index in [-0.39, 0.29) is 18.9 Å². The Hall–Kier alpha value is -4.14. The summed E-state index contributed by atoms with van der Waals surface area (Å²) in [5.41, 5.74) is -30.2. The van der Waals surface area contributed by atoms with Crippen LogP contribution >= 0.6 is 0 Å². The van der Waals surface area contributed by atoms with Crippen LogP contribution < -0.4 is 21.9 Å². The first kappa shape index (κ1) is 48.2. The fourth-order valence-corrected chi connectivity index (χ4v) is 6.07. The van der Waals surface area contributed by atoms with E-state index in [0.29, 0.717) is 0 Å². The molecule has 4 rings (SSSR count). The average Bonchev–Trinajstić information content (AvgIpc) is 3.01. The van der Waals surface area contributed by atoms with Crippen molar-refractivity contribution in [3.8, 4) is 0 Å². The first-order valence-corrected chi connectivity index (χ1v) is 14.6. The minimum absolute atomic E-state index is 0. The number of halogens is 24. The van der Waals surface area contributed by atoms with Crippen LogP contribution in [0.2, 0.25) is 0 Å². The summed E-state index contributed by atoms with van der Waals surface area (Å²) >= 11 is 0. The van der Waals surface area contributed by atoms with Crippen LogP contribution in [-0.2, 0) is 49.4 Å². The van der Waals surface area contributed by atoms with Gasteiger partial charge in [0, 0.05) is 0 Å². The Morgan fingerprint density at radius 3 is 0.397 bits per heavy atom. The van der Waals surface area contributed by atoms with Gasteiger partial charge in [0.05, 0.1) is 44.5 Å². The molecule has 0 aliphatic rings. The zero-order chi connectivity index (χ0) is 43.9. The summed E-state index contributed by atoms with van der Waals surface area (Å²) in [6.07, 6.45) is -54.8. The van der Waals surface area contributed by atoms with Crippen LogP contribution in [0.1, 0.15) is 44.5 Å². The van der Waals surface area contributed by atoms with Crippen molar-refractivity contribution in [3.05, 3.63) is 117 Å². The summed E-state index contributed by atoms with van der Waals surface area (Å²) < 4.78 is 341. The molecule has 58 heavy (non-hydrogen) atoms. The third-order valence-electron chi connectivity index (χ3n) is 8.44. The fourth-order valence-electron chi connectivity index (χ4n) is 6.07. The van der Waals surface area contributed by atoms with Gasteiger partial charge in [-0.2, -0.15) is 127 Å². The van der Waals surface area contributed by atoms with E-state index in [4.69, 9.17) is 0 Å². The van der Waals surface area contributed by atoms with Gasteiger partial charge < -0.3 is 0 Å². The molecular formula is C32H13BF24Li-. The zero-order valence-electron chi connectivity index (χ0n) is 26.6. The molecule has 314 valence electrons. The van der Waals surface area contributed by atoms with E-state index in [9.17, 15) is 105 Å². The average molecular weight is 871 g/mol. The van der Waals surface area contributed by atoms with Gasteiger partial charge in [-0.15, -0.1) is 0 Å². The molecule has 0 N–H and O–H groups in total. The van der Waals surface area contributed by atoms with Crippen LogP contribution in [0, 0.1) is 0 Å². The van der Waals surface area contributed by atoms with Crippen molar-refractivity contribution >= 4 is 46.9 Å². The number of benzene rings is 4. The Morgan fingerprint density at radius 1 is 0.207 bits per heavy atom. The van der Waals surface area contributed by atoms with E-state index in [2.05, 4.69) is 0 Å². The molecule has 0 unspecified atom stereocenters. The second-order valence-electron chi connectivity index (χ2n) is 12.2. The molecular weight excluding hydrogens is 858 g/mol. The molecule has 0 aliphatic heterocycles. The van der Waals surface area contributed by atoms with Gasteiger partial charge in [-0.1, -0.05) is 48.5 Å². The Balaban J connectivity index is 0.00000900. The molecule has 26 heteroatoms. The second-order valence-corrected chi connectivity index (χ2v) is 12.2. The van der Waals surface area contributed by atoms with Crippen LogP contribution in [0.5, 0.6) is 0 Å². The predicted molar refractivity (Wildman–Crippen MR) is 157 cm³/mol. The standard InChI is InChI=1S/C32H12BF24.Li.H/c34-25(35,36)13-1-14(26(37,38)39)6-21(5-13)33(22-7-15(27(40,41)42)2-16(8-22)28(43,44)45,23-9-17(29(46,47)48)3-18(10-23)30(49,50)51)24-11-19(31(52,53)54)4-20(12-24)32(55,56)57;;/h1-12H;;/q-1;;. The van der Waals surface area contributed by atoms with Gasteiger partial charge in [-0.3, -0.25) is 0 Å². The van der Waals surface area contributed by atoms with Crippen molar-refractivity contribution in [3.63, 3.8) is 0 Å². The first-order chi connectivity index (χ1) is 25.3. The maximum absolute atomic E-state index is 14.2. The van der Waals surface area contributed by atoms with E-state index >= 15 is 0 Å². The molecule has 0 radical (unpaired) electrons. The molecule has 0 spiro atoms. The molecule has 0 saturated heterocycles. The van der Waals surface area contributed by atoms with Crippen molar-refractivity contribution in [1.29, 1.82) is 0 Å². The van der Waals surface area contributed by atoms with Gasteiger partial charge in [-0.05, 0) is 24.3 Å². The Kier molecular flexibility index (Phi) is 12.3. The molecule has 0 fully saturated rings. The van der Waals surface area contributed by atoms with E-state index < -0.39 is 195 Å². The van der Waals surface area contributed by atoms with Gasteiger partial charge in [0.25, 0.3) is 0 Å². The van der Waals surface area contributed by atoms with Gasteiger partial charge in [0.1, 0.15) is 6.15 Å². The fraction of sp³-hybridized carbons (Fsp3) is 0.250. The first-order valence-electron chi connectivity index (χ1n) is 14.6. The second kappa shape index (κ2) is 14.8. The molecule has 0 amide bonds.